The molecule has 1 amide bonds. The van der Waals surface area contributed by atoms with Crippen LogP contribution in [0, 0.1) is 11.8 Å². The number of ketones is 3. The zero-order valence-electron chi connectivity index (χ0n) is 22.2. The summed E-state index contributed by atoms with van der Waals surface area (Å²) in [6, 6.07) is 0.262. The molecule has 0 aromatic heterocycles. The van der Waals surface area contributed by atoms with Crippen molar-refractivity contribution in [3.63, 3.8) is 0 Å². The van der Waals surface area contributed by atoms with Crippen molar-refractivity contribution in [3.8, 4) is 5.75 Å². The Morgan fingerprint density at radius 1 is 1.18 bits per heavy atom. The fourth-order valence-corrected chi connectivity index (χ4v) is 7.17. The van der Waals surface area contributed by atoms with Crippen LogP contribution in [0.25, 0.3) is 5.76 Å². The molecule has 0 radical (unpaired) electrons. The number of phenols is 1. The molecule has 1 aliphatic heterocycles. The van der Waals surface area contributed by atoms with Gasteiger partial charge in [-0.1, -0.05) is 11.6 Å². The predicted molar refractivity (Wildman–Crippen MR) is 143 cm³/mol. The highest BCUT2D eigenvalue weighted by atomic mass is 35.5. The van der Waals surface area contributed by atoms with Crippen LogP contribution in [0.3, 0.4) is 0 Å². The molecule has 1 saturated carbocycles. The first kappa shape index (κ1) is 28.3. The fourth-order valence-electron chi connectivity index (χ4n) is 6.88. The largest absolute Gasteiger partial charge is 0.508 e. The summed E-state index contributed by atoms with van der Waals surface area (Å²) >= 11 is 6.83. The summed E-state index contributed by atoms with van der Waals surface area (Å²) < 4.78 is 0. The molecular weight excluding hydrogens is 542 g/mol. The van der Waals surface area contributed by atoms with E-state index >= 15 is 0 Å². The maximum absolute atomic E-state index is 13.9. The molecule has 40 heavy (non-hydrogen) atoms. The monoisotopic (exact) mass is 573 g/mol. The molecular formula is C28H32ClN3O8. The number of phenolic OH excluding ortho intramolecular Hbond substituents is 1. The molecule has 5 rings (SSSR count). The van der Waals surface area contributed by atoms with Crippen LogP contribution in [-0.4, -0.2) is 92.3 Å². The number of hydrogen-bond acceptors (Lipinski definition) is 10. The third-order valence-electron chi connectivity index (χ3n) is 8.76. The van der Waals surface area contributed by atoms with Crippen LogP contribution >= 0.6 is 11.6 Å². The van der Waals surface area contributed by atoms with E-state index in [-0.39, 0.29) is 35.5 Å². The highest BCUT2D eigenvalue weighted by Gasteiger charge is 2.64. The van der Waals surface area contributed by atoms with Gasteiger partial charge < -0.3 is 26.2 Å². The Morgan fingerprint density at radius 3 is 2.52 bits per heavy atom. The lowest BCUT2D eigenvalue weighted by atomic mass is 9.57. The second kappa shape index (κ2) is 9.99. The molecule has 1 saturated heterocycles. The summed E-state index contributed by atoms with van der Waals surface area (Å²) in [5.74, 6) is -6.84. The van der Waals surface area contributed by atoms with Gasteiger partial charge in [-0.15, -0.1) is 0 Å². The summed E-state index contributed by atoms with van der Waals surface area (Å²) in [5.41, 5.74) is 2.56. The van der Waals surface area contributed by atoms with Gasteiger partial charge in [0.25, 0.3) is 5.91 Å². The number of likely N-dealkylation sites (N-methyl/N-ethyl adjacent to an activating group) is 1. The number of aliphatic hydroxyl groups excluding tert-OH is 2. The summed E-state index contributed by atoms with van der Waals surface area (Å²) in [6.45, 7) is 1.63. The molecule has 4 atom stereocenters. The van der Waals surface area contributed by atoms with Gasteiger partial charge in [0.05, 0.1) is 11.6 Å². The van der Waals surface area contributed by atoms with Gasteiger partial charge in [-0.25, -0.2) is 0 Å². The first-order chi connectivity index (χ1) is 18.8. The van der Waals surface area contributed by atoms with Crippen molar-refractivity contribution in [2.45, 2.75) is 50.3 Å². The lowest BCUT2D eigenvalue weighted by Gasteiger charge is -2.50. The Bertz CT molecular complexity index is 1420. The first-order valence-corrected chi connectivity index (χ1v) is 13.6. The summed E-state index contributed by atoms with van der Waals surface area (Å²) in [4.78, 5) is 54.5. The number of likely N-dealkylation sites (tertiary alicyclic amines) is 1. The number of hydrogen-bond donors (Lipinski definition) is 5. The number of rotatable bonds is 4. The molecule has 214 valence electrons. The van der Waals surface area contributed by atoms with E-state index in [9.17, 15) is 39.6 Å². The van der Waals surface area contributed by atoms with Crippen molar-refractivity contribution in [1.82, 2.24) is 9.80 Å². The predicted octanol–water partition coefficient (Wildman–Crippen LogP) is 1.17. The molecule has 1 aromatic carbocycles. The van der Waals surface area contributed by atoms with Crippen molar-refractivity contribution < 1.29 is 39.6 Å². The van der Waals surface area contributed by atoms with Crippen LogP contribution in [0.1, 0.15) is 42.4 Å². The number of halogens is 1. The lowest BCUT2D eigenvalue weighted by molar-refractivity contribution is -0.153. The highest BCUT2D eigenvalue weighted by molar-refractivity contribution is 6.32. The van der Waals surface area contributed by atoms with Gasteiger partial charge in [0.2, 0.25) is 5.78 Å². The lowest BCUT2D eigenvalue weighted by Crippen LogP contribution is -2.65. The molecule has 0 unspecified atom stereocenters. The van der Waals surface area contributed by atoms with E-state index in [0.717, 1.165) is 6.42 Å². The van der Waals surface area contributed by atoms with E-state index in [0.29, 0.717) is 48.6 Å². The maximum Gasteiger partial charge on any atom is 0.255 e. The minimum Gasteiger partial charge on any atom is -0.508 e. The van der Waals surface area contributed by atoms with Crippen LogP contribution < -0.4 is 5.73 Å². The number of primary amides is 1. The number of fused-ring (bicyclic) bond motifs is 3. The van der Waals surface area contributed by atoms with E-state index in [1.165, 1.54) is 11.0 Å². The smallest absolute Gasteiger partial charge is 0.255 e. The number of carbonyl (C=O) groups excluding carboxylic acids is 4. The Morgan fingerprint density at radius 2 is 1.88 bits per heavy atom. The highest BCUT2D eigenvalue weighted by Crippen LogP contribution is 2.53. The normalized spacial score (nSPS) is 29.3. The molecule has 1 aromatic rings. The Kier molecular flexibility index (Phi) is 7.06. The number of amides is 1. The number of Topliss-reactive ketones (excluding diaryl/α,β-unsaturated/α-hetero) is 3. The van der Waals surface area contributed by atoms with Gasteiger partial charge in [0.15, 0.2) is 11.4 Å². The van der Waals surface area contributed by atoms with Crippen molar-refractivity contribution >= 4 is 40.6 Å². The average molecular weight is 574 g/mol. The van der Waals surface area contributed by atoms with Crippen LogP contribution in [-0.2, 0) is 32.1 Å². The Balaban J connectivity index is 1.60. The second-order valence-electron chi connectivity index (χ2n) is 11.4. The summed E-state index contributed by atoms with van der Waals surface area (Å²) in [6.07, 6.45) is 1.78. The molecule has 1 heterocycles. The van der Waals surface area contributed by atoms with Gasteiger partial charge >= 0.3 is 0 Å². The summed E-state index contributed by atoms with van der Waals surface area (Å²) in [5, 5.41) is 45.2. The fraction of sp³-hybridized carbons (Fsp3) is 0.500. The Hall–Kier alpha value is -3.25. The second-order valence-corrected chi connectivity index (χ2v) is 11.7. The van der Waals surface area contributed by atoms with Crippen LogP contribution in [0.15, 0.2) is 23.0 Å². The van der Waals surface area contributed by atoms with E-state index in [2.05, 4.69) is 4.90 Å². The molecule has 12 heteroatoms. The standard InChI is InChI=1S/C28H32ClN3O8/c1-31(2)22-16-9-12-8-15-19(17(34)10-13(21(15)29)11-32-6-3-4-14(33)5-7-32)23(35)18(12)25(37)28(16,40)26(38)20(24(22)36)27(30)39/h10,12,16,22,34-35,38,40H,3-9,11H2,1-2H3,(H2,30,39)/t12-,16-,22-,28-/m0/s1. The number of nitrogens with zero attached hydrogens (tertiary/aromatic N) is 2. The first-order valence-electron chi connectivity index (χ1n) is 13.2. The van der Waals surface area contributed by atoms with Crippen molar-refractivity contribution in [1.29, 1.82) is 0 Å². The number of carbonyl (C=O) groups is 4. The number of aliphatic hydroxyl groups is 3. The van der Waals surface area contributed by atoms with E-state index in [1.807, 2.05) is 0 Å². The van der Waals surface area contributed by atoms with Gasteiger partial charge in [-0.2, -0.15) is 0 Å². The van der Waals surface area contributed by atoms with E-state index < -0.39 is 58.0 Å². The third kappa shape index (κ3) is 4.14. The van der Waals surface area contributed by atoms with Gasteiger partial charge in [0, 0.05) is 42.4 Å². The zero-order chi connectivity index (χ0) is 29.3. The quantitative estimate of drug-likeness (QED) is 0.328. The molecule has 3 aliphatic carbocycles. The zero-order valence-corrected chi connectivity index (χ0v) is 23.0. The van der Waals surface area contributed by atoms with E-state index in [1.54, 1.807) is 14.1 Å². The number of aromatic hydroxyl groups is 1. The minimum absolute atomic E-state index is 0.0126. The van der Waals surface area contributed by atoms with Gasteiger partial charge in [-0.3, -0.25) is 29.0 Å². The SMILES string of the molecule is CN(C)[C@@H]1C(=O)C(C(N)=O)=C(O)[C@@]2(O)C(=O)C3=C(O)c4c(O)cc(CN5CCCC(=O)CC5)c(Cl)c4C[C@H]3C[C@@H]12. The number of benzene rings is 1. The van der Waals surface area contributed by atoms with Gasteiger partial charge in [0.1, 0.15) is 28.6 Å². The van der Waals surface area contributed by atoms with Crippen LogP contribution in [0.5, 0.6) is 5.75 Å². The minimum atomic E-state index is -2.69. The topological polar surface area (TPSA) is 182 Å². The summed E-state index contributed by atoms with van der Waals surface area (Å²) in [7, 11) is 3.09. The van der Waals surface area contributed by atoms with Crippen molar-refractivity contribution in [2.75, 3.05) is 27.2 Å². The van der Waals surface area contributed by atoms with E-state index in [4.69, 9.17) is 17.3 Å². The molecule has 2 fully saturated rings. The van der Waals surface area contributed by atoms with Crippen LogP contribution in [0.2, 0.25) is 5.02 Å². The molecule has 4 aliphatic rings. The molecule has 0 spiro atoms. The van der Waals surface area contributed by atoms with Gasteiger partial charge in [-0.05, 0) is 63.0 Å². The van der Waals surface area contributed by atoms with Crippen molar-refractivity contribution in [3.05, 3.63) is 44.7 Å². The molecule has 6 N–H and O–H groups in total. The van der Waals surface area contributed by atoms with Crippen molar-refractivity contribution in [2.24, 2.45) is 17.6 Å². The Labute approximate surface area is 235 Å². The van der Waals surface area contributed by atoms with Crippen LogP contribution in [0.4, 0.5) is 0 Å². The molecule has 11 nitrogen and oxygen atoms in total. The average Bonchev–Trinajstić information content (AvgIpc) is 3.07. The molecule has 0 bridgehead atoms. The number of nitrogens with two attached hydrogens (primary N) is 1. The maximum atomic E-state index is 13.9. The third-order valence-corrected chi connectivity index (χ3v) is 9.23.